The third kappa shape index (κ3) is 2.14. The molecule has 0 aromatic carbocycles. The molecule has 0 amide bonds. The molecule has 0 bridgehead atoms. The Bertz CT molecular complexity index is 501. The Kier molecular flexibility index (Phi) is 3.63. The average Bonchev–Trinajstić information content (AvgIpc) is 2.71. The van der Waals surface area contributed by atoms with E-state index >= 15 is 0 Å². The minimum atomic E-state index is 0.473. The summed E-state index contributed by atoms with van der Waals surface area (Å²) in [6.45, 7) is 2.60. The Labute approximate surface area is 102 Å². The van der Waals surface area contributed by atoms with E-state index in [1.165, 1.54) is 6.33 Å². The van der Waals surface area contributed by atoms with Crippen LogP contribution in [0.5, 0.6) is 0 Å². The molecule has 2 aromatic rings. The van der Waals surface area contributed by atoms with Gasteiger partial charge in [-0.25, -0.2) is 0 Å². The number of nitrogens with zero attached hydrogens (tertiary/aromatic N) is 4. The second-order valence-electron chi connectivity index (χ2n) is 3.15. The average molecular weight is 259 g/mol. The van der Waals surface area contributed by atoms with Crippen LogP contribution in [-0.2, 0) is 4.74 Å². The Morgan fingerprint density at radius 3 is 3.12 bits per heavy atom. The van der Waals surface area contributed by atoms with Gasteiger partial charge < -0.3 is 4.74 Å². The largest absolute Gasteiger partial charge is 0.384 e. The van der Waals surface area contributed by atoms with Crippen LogP contribution in [0.2, 0.25) is 5.15 Å². The lowest BCUT2D eigenvalue weighted by atomic mass is 10.4. The van der Waals surface area contributed by atoms with E-state index in [1.807, 2.05) is 6.92 Å². The highest BCUT2D eigenvalue weighted by Gasteiger charge is 2.12. The number of fused-ring (bicyclic) bond motifs is 1. The molecule has 0 N–H and O–H groups in total. The molecule has 5 nitrogen and oxygen atoms in total. The van der Waals surface area contributed by atoms with Gasteiger partial charge in [0.2, 0.25) is 0 Å². The van der Waals surface area contributed by atoms with Crippen LogP contribution in [0.15, 0.2) is 11.4 Å². The monoisotopic (exact) mass is 258 g/mol. The van der Waals surface area contributed by atoms with Crippen molar-refractivity contribution < 1.29 is 4.74 Å². The van der Waals surface area contributed by atoms with Crippen molar-refractivity contribution in [2.75, 3.05) is 19.5 Å². The number of rotatable bonds is 4. The molecule has 2 rings (SSSR count). The minimum Gasteiger partial charge on any atom is -0.384 e. The smallest absolute Gasteiger partial charge is 0.254 e. The molecule has 0 saturated heterocycles. The maximum Gasteiger partial charge on any atom is 0.254 e. The van der Waals surface area contributed by atoms with Gasteiger partial charge in [-0.2, -0.15) is 19.6 Å². The predicted octanol–water partition coefficient (Wildman–Crippen LogP) is 1.82. The summed E-state index contributed by atoms with van der Waals surface area (Å²) in [7, 11) is 1.68. The van der Waals surface area contributed by atoms with Gasteiger partial charge in [0.15, 0.2) is 0 Å². The van der Waals surface area contributed by atoms with Crippen molar-refractivity contribution in [1.29, 1.82) is 0 Å². The first-order valence-corrected chi connectivity index (χ1v) is 6.08. The number of hydrogen-bond donors (Lipinski definition) is 0. The molecule has 0 aliphatic rings. The van der Waals surface area contributed by atoms with Crippen molar-refractivity contribution in [3.05, 3.63) is 17.0 Å². The highest BCUT2D eigenvalue weighted by atomic mass is 35.5. The van der Waals surface area contributed by atoms with Crippen LogP contribution in [0.4, 0.5) is 0 Å². The van der Waals surface area contributed by atoms with Crippen molar-refractivity contribution >= 4 is 29.1 Å². The molecule has 0 fully saturated rings. The highest BCUT2D eigenvalue weighted by Crippen LogP contribution is 2.26. The zero-order valence-corrected chi connectivity index (χ0v) is 10.5. The van der Waals surface area contributed by atoms with E-state index in [4.69, 9.17) is 16.3 Å². The summed E-state index contributed by atoms with van der Waals surface area (Å²) in [6.07, 6.45) is 1.47. The topological polar surface area (TPSA) is 52.3 Å². The second kappa shape index (κ2) is 4.99. The molecular formula is C9H11ClN4OS. The van der Waals surface area contributed by atoms with Crippen molar-refractivity contribution in [3.63, 3.8) is 0 Å². The van der Waals surface area contributed by atoms with Crippen LogP contribution < -0.4 is 0 Å². The van der Waals surface area contributed by atoms with E-state index in [0.29, 0.717) is 17.5 Å². The van der Waals surface area contributed by atoms with Crippen molar-refractivity contribution in [1.82, 2.24) is 19.6 Å². The normalized spacial score (nSPS) is 11.2. The standard InChI is InChI=1S/C9H11ClN4OS/c1-6-7(10)13-9-11-5-12-14(9)8(6)16-4-3-15-2/h5H,3-4H2,1-2H3. The maximum atomic E-state index is 6.03. The molecule has 86 valence electrons. The second-order valence-corrected chi connectivity index (χ2v) is 4.59. The van der Waals surface area contributed by atoms with Crippen LogP contribution >= 0.6 is 23.4 Å². The quantitative estimate of drug-likeness (QED) is 0.476. The summed E-state index contributed by atoms with van der Waals surface area (Å²) in [5, 5.41) is 5.56. The van der Waals surface area contributed by atoms with Crippen LogP contribution in [0, 0.1) is 6.92 Å². The van der Waals surface area contributed by atoms with Crippen LogP contribution in [-0.4, -0.2) is 39.1 Å². The molecule has 0 unspecified atom stereocenters. The number of hydrogen-bond acceptors (Lipinski definition) is 5. The van der Waals surface area contributed by atoms with Gasteiger partial charge in [-0.1, -0.05) is 11.6 Å². The van der Waals surface area contributed by atoms with Crippen molar-refractivity contribution in [2.45, 2.75) is 11.9 Å². The number of thioether (sulfide) groups is 1. The summed E-state index contributed by atoms with van der Waals surface area (Å²) < 4.78 is 6.71. The first kappa shape index (κ1) is 11.6. The Morgan fingerprint density at radius 2 is 2.38 bits per heavy atom. The fourth-order valence-corrected chi connectivity index (χ4v) is 2.49. The molecule has 0 aliphatic heterocycles. The first-order chi connectivity index (χ1) is 7.74. The van der Waals surface area contributed by atoms with Gasteiger partial charge in [0.25, 0.3) is 5.78 Å². The number of ether oxygens (including phenoxy) is 1. The summed E-state index contributed by atoms with van der Waals surface area (Å²) in [5.41, 5.74) is 0.917. The summed E-state index contributed by atoms with van der Waals surface area (Å²) in [4.78, 5) is 8.16. The van der Waals surface area contributed by atoms with Gasteiger partial charge in [-0.3, -0.25) is 0 Å². The van der Waals surface area contributed by atoms with Crippen molar-refractivity contribution in [2.24, 2.45) is 0 Å². The van der Waals surface area contributed by atoms with Gasteiger partial charge in [-0.15, -0.1) is 11.8 Å². The maximum absolute atomic E-state index is 6.03. The third-order valence-corrected chi connectivity index (χ3v) is 3.57. The first-order valence-electron chi connectivity index (χ1n) is 4.71. The molecule has 2 aromatic heterocycles. The van der Waals surface area contributed by atoms with E-state index in [0.717, 1.165) is 16.3 Å². The minimum absolute atomic E-state index is 0.473. The zero-order chi connectivity index (χ0) is 11.5. The Morgan fingerprint density at radius 1 is 1.56 bits per heavy atom. The summed E-state index contributed by atoms with van der Waals surface area (Å²) in [6, 6.07) is 0. The van der Waals surface area contributed by atoms with E-state index < -0.39 is 0 Å². The number of methoxy groups -OCH3 is 1. The summed E-state index contributed by atoms with van der Waals surface area (Å²) in [5.74, 6) is 1.36. The lowest BCUT2D eigenvalue weighted by molar-refractivity contribution is 0.218. The fraction of sp³-hybridized carbons (Fsp3) is 0.444. The Hall–Kier alpha value is -0.850. The molecule has 2 heterocycles. The van der Waals surface area contributed by atoms with Crippen LogP contribution in [0.3, 0.4) is 0 Å². The molecule has 0 atom stereocenters. The fourth-order valence-electron chi connectivity index (χ4n) is 1.26. The predicted molar refractivity (Wildman–Crippen MR) is 63.1 cm³/mol. The molecule has 0 saturated carbocycles. The van der Waals surface area contributed by atoms with Gasteiger partial charge >= 0.3 is 0 Å². The molecular weight excluding hydrogens is 248 g/mol. The van der Waals surface area contributed by atoms with Gasteiger partial charge in [-0.05, 0) is 6.92 Å². The molecule has 0 radical (unpaired) electrons. The lowest BCUT2D eigenvalue weighted by Crippen LogP contribution is -2.02. The van der Waals surface area contributed by atoms with Crippen LogP contribution in [0.25, 0.3) is 5.78 Å². The van der Waals surface area contributed by atoms with E-state index in [2.05, 4.69) is 15.1 Å². The van der Waals surface area contributed by atoms with E-state index in [-0.39, 0.29) is 0 Å². The van der Waals surface area contributed by atoms with Crippen molar-refractivity contribution in [3.8, 4) is 0 Å². The van der Waals surface area contributed by atoms with E-state index in [1.54, 1.807) is 23.4 Å². The number of aromatic nitrogens is 4. The van der Waals surface area contributed by atoms with Gasteiger partial charge in [0.05, 0.1) is 6.61 Å². The van der Waals surface area contributed by atoms with Crippen LogP contribution in [0.1, 0.15) is 5.56 Å². The van der Waals surface area contributed by atoms with Gasteiger partial charge in [0, 0.05) is 18.4 Å². The lowest BCUT2D eigenvalue weighted by Gasteiger charge is -2.07. The van der Waals surface area contributed by atoms with E-state index in [9.17, 15) is 0 Å². The highest BCUT2D eigenvalue weighted by molar-refractivity contribution is 7.99. The summed E-state index contributed by atoms with van der Waals surface area (Å²) >= 11 is 7.66. The molecule has 0 spiro atoms. The Balaban J connectivity index is 2.39. The van der Waals surface area contributed by atoms with Gasteiger partial charge in [0.1, 0.15) is 16.5 Å². The molecule has 0 aliphatic carbocycles. The molecule has 7 heteroatoms. The SMILES string of the molecule is COCCSc1c(C)c(Cl)nc2ncnn12. The molecule has 16 heavy (non-hydrogen) atoms. The zero-order valence-electron chi connectivity index (χ0n) is 8.97. The third-order valence-electron chi connectivity index (χ3n) is 2.08. The number of halogens is 1.